The zero-order valence-corrected chi connectivity index (χ0v) is 13.4. The SMILES string of the molecule is Cc1cccc(NC(O)Nc2ccc(Oc3ccccc3)cc2)c1. The summed E-state index contributed by atoms with van der Waals surface area (Å²) in [4.78, 5) is 0. The van der Waals surface area contributed by atoms with Gasteiger partial charge in [0.05, 0.1) is 0 Å². The number of para-hydroxylation sites is 1. The molecule has 0 fully saturated rings. The fraction of sp³-hybridized carbons (Fsp3) is 0.100. The van der Waals surface area contributed by atoms with Gasteiger partial charge in [-0.25, -0.2) is 0 Å². The maximum Gasteiger partial charge on any atom is 0.202 e. The number of hydrogen-bond acceptors (Lipinski definition) is 4. The molecule has 24 heavy (non-hydrogen) atoms. The highest BCUT2D eigenvalue weighted by Crippen LogP contribution is 2.23. The van der Waals surface area contributed by atoms with Crippen molar-refractivity contribution >= 4 is 11.4 Å². The van der Waals surface area contributed by atoms with Crippen molar-refractivity contribution in [2.75, 3.05) is 10.6 Å². The fourth-order valence-electron chi connectivity index (χ4n) is 2.33. The number of aryl methyl sites for hydroxylation is 1. The molecule has 3 aromatic rings. The summed E-state index contributed by atoms with van der Waals surface area (Å²) in [6.07, 6.45) is -0.882. The van der Waals surface area contributed by atoms with E-state index in [1.165, 1.54) is 0 Å². The first-order chi connectivity index (χ1) is 11.7. The number of rotatable bonds is 6. The van der Waals surface area contributed by atoms with Crippen LogP contribution in [0.1, 0.15) is 5.56 Å². The Labute approximate surface area is 141 Å². The largest absolute Gasteiger partial charge is 0.457 e. The highest BCUT2D eigenvalue weighted by atomic mass is 16.5. The molecule has 0 spiro atoms. The van der Waals surface area contributed by atoms with Crippen molar-refractivity contribution < 1.29 is 9.84 Å². The van der Waals surface area contributed by atoms with E-state index < -0.39 is 6.35 Å². The lowest BCUT2D eigenvalue weighted by atomic mass is 10.2. The first kappa shape index (κ1) is 15.9. The van der Waals surface area contributed by atoms with Crippen LogP contribution in [0.3, 0.4) is 0 Å². The number of aliphatic hydroxyl groups is 1. The minimum Gasteiger partial charge on any atom is -0.457 e. The normalized spacial score (nSPS) is 11.6. The lowest BCUT2D eigenvalue weighted by molar-refractivity contribution is 0.233. The number of nitrogens with one attached hydrogen (secondary N) is 2. The van der Waals surface area contributed by atoms with Crippen LogP contribution in [0.15, 0.2) is 78.9 Å². The quantitative estimate of drug-likeness (QED) is 0.582. The molecule has 4 nitrogen and oxygen atoms in total. The van der Waals surface area contributed by atoms with Gasteiger partial charge in [-0.1, -0.05) is 30.3 Å². The molecule has 0 saturated carbocycles. The van der Waals surface area contributed by atoms with E-state index in [2.05, 4.69) is 10.6 Å². The van der Waals surface area contributed by atoms with Gasteiger partial charge in [-0.15, -0.1) is 0 Å². The van der Waals surface area contributed by atoms with Gasteiger partial charge in [0.2, 0.25) is 6.35 Å². The Kier molecular flexibility index (Phi) is 4.99. The average molecular weight is 320 g/mol. The molecule has 0 radical (unpaired) electrons. The van der Waals surface area contributed by atoms with Crippen LogP contribution in [0.2, 0.25) is 0 Å². The third kappa shape index (κ3) is 4.51. The van der Waals surface area contributed by atoms with E-state index in [-0.39, 0.29) is 0 Å². The van der Waals surface area contributed by atoms with Gasteiger partial charge in [0.1, 0.15) is 11.5 Å². The summed E-state index contributed by atoms with van der Waals surface area (Å²) < 4.78 is 5.74. The van der Waals surface area contributed by atoms with E-state index in [4.69, 9.17) is 4.74 Å². The summed E-state index contributed by atoms with van der Waals surface area (Å²) >= 11 is 0. The van der Waals surface area contributed by atoms with Gasteiger partial charge >= 0.3 is 0 Å². The number of benzene rings is 3. The summed E-state index contributed by atoms with van der Waals surface area (Å²) in [6.45, 7) is 2.01. The van der Waals surface area contributed by atoms with Gasteiger partial charge in [-0.05, 0) is 61.0 Å². The van der Waals surface area contributed by atoms with Gasteiger partial charge in [0.15, 0.2) is 0 Å². The molecule has 0 aliphatic rings. The standard InChI is InChI=1S/C20H20N2O2/c1-15-6-5-7-17(14-15)22-20(23)21-16-10-12-19(13-11-16)24-18-8-3-2-4-9-18/h2-14,20-23H,1H3. The molecule has 0 aliphatic heterocycles. The maximum atomic E-state index is 10.1. The van der Waals surface area contributed by atoms with Crippen molar-refractivity contribution in [1.29, 1.82) is 0 Å². The van der Waals surface area contributed by atoms with Gasteiger partial charge < -0.3 is 20.5 Å². The van der Waals surface area contributed by atoms with E-state index in [1.54, 1.807) is 0 Å². The van der Waals surface area contributed by atoms with Crippen molar-refractivity contribution in [2.24, 2.45) is 0 Å². The maximum absolute atomic E-state index is 10.1. The second-order valence-corrected chi connectivity index (χ2v) is 5.50. The second-order valence-electron chi connectivity index (χ2n) is 5.50. The predicted molar refractivity (Wildman–Crippen MR) is 97.4 cm³/mol. The summed E-state index contributed by atoms with van der Waals surface area (Å²) in [5.74, 6) is 1.53. The van der Waals surface area contributed by atoms with Crippen LogP contribution in [0, 0.1) is 6.92 Å². The molecule has 3 N–H and O–H groups in total. The minimum atomic E-state index is -0.882. The third-order valence-electron chi connectivity index (χ3n) is 3.46. The molecule has 0 heterocycles. The predicted octanol–water partition coefficient (Wildman–Crippen LogP) is 4.59. The van der Waals surface area contributed by atoms with Crippen molar-refractivity contribution in [3.63, 3.8) is 0 Å². The van der Waals surface area contributed by atoms with Gasteiger partial charge in [0, 0.05) is 11.4 Å². The molecule has 3 aromatic carbocycles. The Hall–Kier alpha value is -2.98. The van der Waals surface area contributed by atoms with Crippen LogP contribution in [0.5, 0.6) is 11.5 Å². The van der Waals surface area contributed by atoms with E-state index in [1.807, 2.05) is 85.8 Å². The first-order valence-electron chi connectivity index (χ1n) is 7.80. The van der Waals surface area contributed by atoms with Crippen LogP contribution in [0.25, 0.3) is 0 Å². The Balaban J connectivity index is 1.57. The van der Waals surface area contributed by atoms with E-state index in [0.29, 0.717) is 0 Å². The van der Waals surface area contributed by atoms with Crippen LogP contribution < -0.4 is 15.4 Å². The molecular formula is C20H20N2O2. The average Bonchev–Trinajstić information content (AvgIpc) is 2.57. The number of anilines is 2. The number of aliphatic hydroxyl groups excluding tert-OH is 1. The molecule has 0 aromatic heterocycles. The van der Waals surface area contributed by atoms with E-state index in [9.17, 15) is 5.11 Å². The summed E-state index contributed by atoms with van der Waals surface area (Å²) in [5, 5.41) is 16.1. The Morgan fingerprint density at radius 1 is 0.750 bits per heavy atom. The number of hydrogen-bond donors (Lipinski definition) is 3. The summed E-state index contributed by atoms with van der Waals surface area (Å²) in [7, 11) is 0. The third-order valence-corrected chi connectivity index (χ3v) is 3.46. The van der Waals surface area contributed by atoms with Gasteiger partial charge in [-0.2, -0.15) is 0 Å². The Bertz CT molecular complexity index is 773. The molecule has 4 heteroatoms. The van der Waals surface area contributed by atoms with Crippen molar-refractivity contribution in [1.82, 2.24) is 0 Å². The molecular weight excluding hydrogens is 300 g/mol. The van der Waals surface area contributed by atoms with Crippen molar-refractivity contribution in [3.05, 3.63) is 84.4 Å². The monoisotopic (exact) mass is 320 g/mol. The number of ether oxygens (including phenoxy) is 1. The lowest BCUT2D eigenvalue weighted by Gasteiger charge is -2.17. The van der Waals surface area contributed by atoms with E-state index >= 15 is 0 Å². The first-order valence-corrected chi connectivity index (χ1v) is 7.80. The van der Waals surface area contributed by atoms with Crippen LogP contribution in [0.4, 0.5) is 11.4 Å². The molecule has 0 amide bonds. The van der Waals surface area contributed by atoms with E-state index in [0.717, 1.165) is 28.4 Å². The molecule has 122 valence electrons. The zero-order chi connectivity index (χ0) is 16.8. The van der Waals surface area contributed by atoms with Gasteiger partial charge in [0.25, 0.3) is 0 Å². The highest BCUT2D eigenvalue weighted by molar-refractivity contribution is 5.51. The summed E-state index contributed by atoms with van der Waals surface area (Å²) in [5.41, 5.74) is 2.79. The Morgan fingerprint density at radius 2 is 1.42 bits per heavy atom. The van der Waals surface area contributed by atoms with Crippen molar-refractivity contribution in [3.8, 4) is 11.5 Å². The second kappa shape index (κ2) is 7.53. The van der Waals surface area contributed by atoms with Crippen molar-refractivity contribution in [2.45, 2.75) is 13.3 Å². The summed E-state index contributed by atoms with van der Waals surface area (Å²) in [6, 6.07) is 24.9. The molecule has 1 unspecified atom stereocenters. The Morgan fingerprint density at radius 3 is 2.12 bits per heavy atom. The molecule has 0 saturated heterocycles. The van der Waals surface area contributed by atoms with Crippen LogP contribution in [-0.4, -0.2) is 11.5 Å². The minimum absolute atomic E-state index is 0.743. The van der Waals surface area contributed by atoms with Crippen LogP contribution in [-0.2, 0) is 0 Å². The molecule has 3 rings (SSSR count). The lowest BCUT2D eigenvalue weighted by Crippen LogP contribution is -2.27. The molecule has 1 atom stereocenters. The molecule has 0 bridgehead atoms. The highest BCUT2D eigenvalue weighted by Gasteiger charge is 2.04. The van der Waals surface area contributed by atoms with Crippen LogP contribution >= 0.6 is 0 Å². The van der Waals surface area contributed by atoms with Gasteiger partial charge in [-0.3, -0.25) is 0 Å². The smallest absolute Gasteiger partial charge is 0.202 e. The zero-order valence-electron chi connectivity index (χ0n) is 13.4. The fourth-order valence-corrected chi connectivity index (χ4v) is 2.33. The topological polar surface area (TPSA) is 53.5 Å². The molecule has 0 aliphatic carbocycles.